The fraction of sp³-hybridized carbons (Fsp3) is 0.148. The van der Waals surface area contributed by atoms with Crippen LogP contribution in [0.15, 0.2) is 94.2 Å². The second-order valence-corrected chi connectivity index (χ2v) is 7.84. The molecular formula is C27H24FN3O6. The number of hydrogen-bond acceptors (Lipinski definition) is 6. The van der Waals surface area contributed by atoms with E-state index in [0.29, 0.717) is 17.2 Å². The number of methoxy groups -OCH3 is 1. The van der Waals surface area contributed by atoms with Gasteiger partial charge in [0.2, 0.25) is 11.8 Å². The van der Waals surface area contributed by atoms with Gasteiger partial charge in [0.15, 0.2) is 5.76 Å². The first-order valence-corrected chi connectivity index (χ1v) is 11.3. The number of nitrogens with zero attached hydrogens (tertiary/aromatic N) is 1. The van der Waals surface area contributed by atoms with Crippen LogP contribution in [0.25, 0.3) is 0 Å². The molecule has 0 aliphatic heterocycles. The third kappa shape index (κ3) is 6.04. The molecule has 0 aliphatic rings. The monoisotopic (exact) mass is 505 g/mol. The smallest absolute Gasteiger partial charge is 0.287 e. The van der Waals surface area contributed by atoms with Gasteiger partial charge < -0.3 is 24.2 Å². The topological polar surface area (TPSA) is 114 Å². The Kier molecular flexibility index (Phi) is 7.99. The summed E-state index contributed by atoms with van der Waals surface area (Å²) in [6, 6.07) is 17.0. The summed E-state index contributed by atoms with van der Waals surface area (Å²) < 4.78 is 30.6. The lowest BCUT2D eigenvalue weighted by atomic mass is 10.0. The highest BCUT2D eigenvalue weighted by Crippen LogP contribution is 2.31. The Bertz CT molecular complexity index is 1340. The van der Waals surface area contributed by atoms with Crippen LogP contribution >= 0.6 is 0 Å². The molecule has 1 atom stereocenters. The summed E-state index contributed by atoms with van der Waals surface area (Å²) in [5.41, 5.74) is 0.264. The van der Waals surface area contributed by atoms with Gasteiger partial charge in [-0.25, -0.2) is 4.39 Å². The van der Waals surface area contributed by atoms with E-state index in [2.05, 4.69) is 10.6 Å². The van der Waals surface area contributed by atoms with Crippen molar-refractivity contribution in [2.24, 2.45) is 0 Å². The fourth-order valence-corrected chi connectivity index (χ4v) is 3.69. The van der Waals surface area contributed by atoms with Gasteiger partial charge >= 0.3 is 0 Å². The first-order valence-electron chi connectivity index (χ1n) is 11.3. The highest BCUT2D eigenvalue weighted by Gasteiger charge is 2.34. The van der Waals surface area contributed by atoms with E-state index in [1.807, 2.05) is 0 Å². The van der Waals surface area contributed by atoms with Crippen LogP contribution in [0.4, 0.5) is 10.1 Å². The first-order chi connectivity index (χ1) is 18.0. The molecule has 0 fully saturated rings. The molecule has 190 valence electrons. The maximum absolute atomic E-state index is 15.0. The SMILES string of the molecule is COc1ccc(N(C(=O)CNC(=O)c2ccco2)[C@H](C(=O)NCc2ccco2)c2ccccc2F)cc1. The number of nitrogens with one attached hydrogen (secondary N) is 2. The van der Waals surface area contributed by atoms with E-state index in [1.165, 1.54) is 50.0 Å². The quantitative estimate of drug-likeness (QED) is 0.339. The van der Waals surface area contributed by atoms with E-state index in [0.717, 1.165) is 4.90 Å². The molecule has 2 heterocycles. The molecule has 10 heteroatoms. The molecule has 9 nitrogen and oxygen atoms in total. The summed E-state index contributed by atoms with van der Waals surface area (Å²) >= 11 is 0. The summed E-state index contributed by atoms with van der Waals surface area (Å²) in [5.74, 6) is -1.58. The Morgan fingerprint density at radius 1 is 0.919 bits per heavy atom. The van der Waals surface area contributed by atoms with Gasteiger partial charge in [0, 0.05) is 11.3 Å². The number of carbonyl (C=O) groups is 3. The summed E-state index contributed by atoms with van der Waals surface area (Å²) in [6.07, 6.45) is 2.79. The van der Waals surface area contributed by atoms with E-state index < -0.39 is 36.1 Å². The number of amides is 3. The second kappa shape index (κ2) is 11.7. The van der Waals surface area contributed by atoms with E-state index in [9.17, 15) is 14.4 Å². The zero-order valence-electron chi connectivity index (χ0n) is 19.8. The van der Waals surface area contributed by atoms with Crippen molar-refractivity contribution in [3.63, 3.8) is 0 Å². The molecule has 2 aromatic heterocycles. The Morgan fingerprint density at radius 3 is 2.30 bits per heavy atom. The highest BCUT2D eigenvalue weighted by molar-refractivity contribution is 6.04. The second-order valence-electron chi connectivity index (χ2n) is 7.84. The number of carbonyl (C=O) groups excluding carboxylic acids is 3. The number of benzene rings is 2. The van der Waals surface area contributed by atoms with Gasteiger partial charge in [-0.15, -0.1) is 0 Å². The minimum Gasteiger partial charge on any atom is -0.497 e. The van der Waals surface area contributed by atoms with Crippen molar-refractivity contribution in [2.75, 3.05) is 18.6 Å². The molecule has 37 heavy (non-hydrogen) atoms. The normalized spacial score (nSPS) is 11.4. The predicted octanol–water partition coefficient (Wildman–Crippen LogP) is 3.84. The molecule has 0 bridgehead atoms. The standard InChI is InChI=1S/C27H24FN3O6/c1-35-19-12-10-18(11-13-19)31(24(32)17-30-26(33)23-9-5-15-37-23)25(21-7-2-3-8-22(21)28)27(34)29-16-20-6-4-14-36-20/h2-15,25H,16-17H2,1H3,(H,29,34)(H,30,33)/t25-/m0/s1. The molecule has 0 saturated heterocycles. The van der Waals surface area contributed by atoms with Crippen LogP contribution in [0.5, 0.6) is 5.75 Å². The first kappa shape index (κ1) is 25.2. The minimum atomic E-state index is -1.41. The van der Waals surface area contributed by atoms with Crippen molar-refractivity contribution in [3.8, 4) is 5.75 Å². The molecule has 0 radical (unpaired) electrons. The molecule has 4 aromatic rings. The highest BCUT2D eigenvalue weighted by atomic mass is 19.1. The largest absolute Gasteiger partial charge is 0.497 e. The van der Waals surface area contributed by atoms with Crippen LogP contribution in [0, 0.1) is 5.82 Å². The van der Waals surface area contributed by atoms with Crippen LogP contribution in [-0.2, 0) is 16.1 Å². The van der Waals surface area contributed by atoms with E-state index in [1.54, 1.807) is 42.5 Å². The lowest BCUT2D eigenvalue weighted by molar-refractivity contribution is -0.126. The zero-order valence-corrected chi connectivity index (χ0v) is 19.8. The maximum atomic E-state index is 15.0. The summed E-state index contributed by atoms with van der Waals surface area (Å²) in [6.45, 7) is -0.460. The van der Waals surface area contributed by atoms with Crippen LogP contribution in [0.1, 0.15) is 27.9 Å². The molecule has 4 rings (SSSR count). The van der Waals surface area contributed by atoms with Crippen molar-refractivity contribution < 1.29 is 32.3 Å². The zero-order chi connectivity index (χ0) is 26.2. The third-order valence-corrected chi connectivity index (χ3v) is 5.49. The van der Waals surface area contributed by atoms with Crippen molar-refractivity contribution >= 4 is 23.4 Å². The lowest BCUT2D eigenvalue weighted by Gasteiger charge is -2.31. The average Bonchev–Trinajstić information content (AvgIpc) is 3.64. The minimum absolute atomic E-state index is 0.0191. The van der Waals surface area contributed by atoms with Gasteiger partial charge in [-0.3, -0.25) is 19.3 Å². The van der Waals surface area contributed by atoms with E-state index >= 15 is 4.39 Å². The molecule has 0 saturated carbocycles. The van der Waals surface area contributed by atoms with Crippen LogP contribution in [-0.4, -0.2) is 31.4 Å². The number of rotatable bonds is 10. The van der Waals surface area contributed by atoms with Gasteiger partial charge in [0.1, 0.15) is 23.4 Å². The summed E-state index contributed by atoms with van der Waals surface area (Å²) in [4.78, 5) is 40.6. The van der Waals surface area contributed by atoms with Crippen molar-refractivity contribution in [1.29, 1.82) is 0 Å². The van der Waals surface area contributed by atoms with Gasteiger partial charge in [-0.1, -0.05) is 18.2 Å². The van der Waals surface area contributed by atoms with Crippen molar-refractivity contribution in [2.45, 2.75) is 12.6 Å². The van der Waals surface area contributed by atoms with Crippen molar-refractivity contribution in [3.05, 3.63) is 108 Å². The van der Waals surface area contributed by atoms with Gasteiger partial charge in [-0.05, 0) is 54.6 Å². The van der Waals surface area contributed by atoms with E-state index in [-0.39, 0.29) is 17.9 Å². The van der Waals surface area contributed by atoms with Crippen LogP contribution in [0.3, 0.4) is 0 Å². The van der Waals surface area contributed by atoms with Crippen LogP contribution in [0.2, 0.25) is 0 Å². The number of anilines is 1. The van der Waals surface area contributed by atoms with Crippen molar-refractivity contribution in [1.82, 2.24) is 10.6 Å². The molecule has 0 aliphatic carbocycles. The molecular weight excluding hydrogens is 481 g/mol. The summed E-state index contributed by atoms with van der Waals surface area (Å²) in [5, 5.41) is 5.19. The molecule has 2 aromatic carbocycles. The number of ether oxygens (including phenoxy) is 1. The average molecular weight is 506 g/mol. The van der Waals surface area contributed by atoms with Gasteiger partial charge in [-0.2, -0.15) is 0 Å². The van der Waals surface area contributed by atoms with Gasteiger partial charge in [0.05, 0.1) is 32.7 Å². The van der Waals surface area contributed by atoms with Crippen LogP contribution < -0.4 is 20.3 Å². The third-order valence-electron chi connectivity index (χ3n) is 5.49. The summed E-state index contributed by atoms with van der Waals surface area (Å²) in [7, 11) is 1.49. The fourth-order valence-electron chi connectivity index (χ4n) is 3.69. The lowest BCUT2D eigenvalue weighted by Crippen LogP contribution is -2.47. The van der Waals surface area contributed by atoms with Gasteiger partial charge in [0.25, 0.3) is 5.91 Å². The molecule has 3 amide bonds. The molecule has 0 unspecified atom stereocenters. The number of hydrogen-bond donors (Lipinski definition) is 2. The predicted molar refractivity (Wildman–Crippen MR) is 131 cm³/mol. The molecule has 2 N–H and O–H groups in total. The Labute approximate surface area is 211 Å². The number of furan rings is 2. The Hall–Kier alpha value is -4.86. The Morgan fingerprint density at radius 2 is 1.65 bits per heavy atom. The maximum Gasteiger partial charge on any atom is 0.287 e. The Balaban J connectivity index is 1.69. The van der Waals surface area contributed by atoms with E-state index in [4.69, 9.17) is 13.6 Å². The number of halogens is 1. The molecule has 0 spiro atoms.